The lowest BCUT2D eigenvalue weighted by Gasteiger charge is -2.33. The van der Waals surface area contributed by atoms with Gasteiger partial charge in [0, 0.05) is 12.6 Å². The largest absolute Gasteiger partial charge is 0.497 e. The highest BCUT2D eigenvalue weighted by molar-refractivity contribution is 5.97. The van der Waals surface area contributed by atoms with Crippen LogP contribution in [0, 0.1) is 5.82 Å². The molecule has 0 aromatic heterocycles. The van der Waals surface area contributed by atoms with Gasteiger partial charge in [-0.3, -0.25) is 4.79 Å². The number of amides is 1. The second-order valence-electron chi connectivity index (χ2n) is 5.73. The van der Waals surface area contributed by atoms with E-state index in [4.69, 9.17) is 14.2 Å². The van der Waals surface area contributed by atoms with Crippen molar-refractivity contribution in [1.82, 2.24) is 4.90 Å². The summed E-state index contributed by atoms with van der Waals surface area (Å²) in [4.78, 5) is 14.6. The summed E-state index contributed by atoms with van der Waals surface area (Å²) in [6.45, 7) is 1.22. The zero-order valence-corrected chi connectivity index (χ0v) is 14.2. The minimum Gasteiger partial charge on any atom is -0.497 e. The highest BCUT2D eigenvalue weighted by Gasteiger charge is 2.28. The van der Waals surface area contributed by atoms with Crippen molar-refractivity contribution in [2.24, 2.45) is 0 Å². The van der Waals surface area contributed by atoms with Crippen LogP contribution in [0.4, 0.5) is 4.39 Å². The van der Waals surface area contributed by atoms with Gasteiger partial charge in [0.1, 0.15) is 23.4 Å². The summed E-state index contributed by atoms with van der Waals surface area (Å²) < 4.78 is 29.6. The standard InChI is InChI=1S/C19H20FNO4/c1-23-15-6-7-16(17(11-15)24-2)19(22)21-8-9-25-18(12-21)13-4-3-5-14(20)10-13/h3-7,10-11,18H,8-9,12H2,1-2H3/t18-/m1/s1. The van der Waals surface area contributed by atoms with E-state index in [-0.39, 0.29) is 17.8 Å². The highest BCUT2D eigenvalue weighted by Crippen LogP contribution is 2.28. The molecule has 1 fully saturated rings. The minimum atomic E-state index is -0.349. The molecule has 0 N–H and O–H groups in total. The molecular formula is C19H20FNO4. The van der Waals surface area contributed by atoms with Gasteiger partial charge in [-0.05, 0) is 29.8 Å². The first-order valence-corrected chi connectivity index (χ1v) is 8.00. The first-order valence-electron chi connectivity index (χ1n) is 8.00. The average Bonchev–Trinajstić information content (AvgIpc) is 2.67. The predicted molar refractivity (Wildman–Crippen MR) is 90.5 cm³/mol. The Morgan fingerprint density at radius 1 is 1.20 bits per heavy atom. The third-order valence-electron chi connectivity index (χ3n) is 4.21. The molecule has 25 heavy (non-hydrogen) atoms. The molecule has 1 saturated heterocycles. The van der Waals surface area contributed by atoms with Gasteiger partial charge >= 0.3 is 0 Å². The molecule has 0 spiro atoms. The maximum atomic E-state index is 13.4. The molecule has 1 amide bonds. The molecule has 3 rings (SSSR count). The van der Waals surface area contributed by atoms with Crippen LogP contribution in [-0.2, 0) is 4.74 Å². The Morgan fingerprint density at radius 2 is 2.04 bits per heavy atom. The number of ether oxygens (including phenoxy) is 3. The van der Waals surface area contributed by atoms with E-state index in [9.17, 15) is 9.18 Å². The smallest absolute Gasteiger partial charge is 0.257 e. The van der Waals surface area contributed by atoms with Crippen molar-refractivity contribution in [3.8, 4) is 11.5 Å². The van der Waals surface area contributed by atoms with Crippen molar-refractivity contribution in [1.29, 1.82) is 0 Å². The van der Waals surface area contributed by atoms with Gasteiger partial charge in [0.2, 0.25) is 0 Å². The van der Waals surface area contributed by atoms with Crippen molar-refractivity contribution in [3.63, 3.8) is 0 Å². The van der Waals surface area contributed by atoms with Crippen molar-refractivity contribution in [2.45, 2.75) is 6.10 Å². The summed E-state index contributed by atoms with van der Waals surface area (Å²) in [5.74, 6) is 0.608. The number of nitrogens with zero attached hydrogens (tertiary/aromatic N) is 1. The fraction of sp³-hybridized carbons (Fsp3) is 0.316. The van der Waals surface area contributed by atoms with Crippen LogP contribution >= 0.6 is 0 Å². The molecule has 6 heteroatoms. The minimum absolute atomic E-state index is 0.149. The Morgan fingerprint density at radius 3 is 2.76 bits per heavy atom. The molecule has 1 aliphatic rings. The molecule has 2 aromatic rings. The molecule has 132 valence electrons. The van der Waals surface area contributed by atoms with Crippen LogP contribution in [0.1, 0.15) is 22.0 Å². The molecule has 0 unspecified atom stereocenters. The number of benzene rings is 2. The van der Waals surface area contributed by atoms with Crippen LogP contribution in [0.5, 0.6) is 11.5 Å². The van der Waals surface area contributed by atoms with Crippen molar-refractivity contribution in [3.05, 3.63) is 59.4 Å². The number of hydrogen-bond donors (Lipinski definition) is 0. The second-order valence-corrected chi connectivity index (χ2v) is 5.73. The molecule has 1 aliphatic heterocycles. The number of methoxy groups -OCH3 is 2. The molecular weight excluding hydrogens is 325 g/mol. The summed E-state index contributed by atoms with van der Waals surface area (Å²) in [5.41, 5.74) is 1.18. The average molecular weight is 345 g/mol. The van der Waals surface area contributed by atoms with Gasteiger partial charge in [0.05, 0.1) is 32.9 Å². The Kier molecular flexibility index (Phi) is 5.19. The Labute approximate surface area is 145 Å². The Hall–Kier alpha value is -2.60. The molecule has 0 radical (unpaired) electrons. The van der Waals surface area contributed by atoms with Crippen LogP contribution in [-0.4, -0.2) is 44.7 Å². The zero-order valence-electron chi connectivity index (χ0n) is 14.2. The van der Waals surface area contributed by atoms with Gasteiger partial charge in [0.25, 0.3) is 5.91 Å². The first-order chi connectivity index (χ1) is 12.1. The highest BCUT2D eigenvalue weighted by atomic mass is 19.1. The lowest BCUT2D eigenvalue weighted by atomic mass is 10.1. The number of rotatable bonds is 4. The van der Waals surface area contributed by atoms with E-state index in [0.717, 1.165) is 5.56 Å². The van der Waals surface area contributed by atoms with Crippen molar-refractivity contribution >= 4 is 5.91 Å². The molecule has 0 saturated carbocycles. The van der Waals surface area contributed by atoms with Crippen LogP contribution < -0.4 is 9.47 Å². The maximum Gasteiger partial charge on any atom is 0.257 e. The van der Waals surface area contributed by atoms with Gasteiger partial charge in [-0.2, -0.15) is 0 Å². The summed E-state index contributed by atoms with van der Waals surface area (Å²) in [5, 5.41) is 0. The molecule has 0 bridgehead atoms. The van der Waals surface area contributed by atoms with E-state index >= 15 is 0 Å². The Balaban J connectivity index is 1.80. The maximum absolute atomic E-state index is 13.4. The SMILES string of the molecule is COc1ccc(C(=O)N2CCO[C@@H](c3cccc(F)c3)C2)c(OC)c1. The summed E-state index contributed by atoms with van der Waals surface area (Å²) in [7, 11) is 3.07. The molecule has 0 aliphatic carbocycles. The number of hydrogen-bond acceptors (Lipinski definition) is 4. The van der Waals surface area contributed by atoms with E-state index < -0.39 is 0 Å². The van der Waals surface area contributed by atoms with Gasteiger partial charge in [-0.1, -0.05) is 12.1 Å². The number of halogens is 1. The number of carbonyl (C=O) groups is 1. The number of carbonyl (C=O) groups excluding carboxylic acids is 1. The quantitative estimate of drug-likeness (QED) is 0.855. The zero-order chi connectivity index (χ0) is 17.8. The summed E-state index contributed by atoms with van der Waals surface area (Å²) in [6.07, 6.45) is -0.349. The third kappa shape index (κ3) is 3.74. The van der Waals surface area contributed by atoms with E-state index in [1.54, 1.807) is 42.3 Å². The van der Waals surface area contributed by atoms with E-state index in [1.807, 2.05) is 0 Å². The molecule has 1 heterocycles. The second kappa shape index (κ2) is 7.53. The van der Waals surface area contributed by atoms with Crippen LogP contribution in [0.2, 0.25) is 0 Å². The summed E-state index contributed by atoms with van der Waals surface area (Å²) >= 11 is 0. The molecule has 5 nitrogen and oxygen atoms in total. The van der Waals surface area contributed by atoms with Gasteiger partial charge in [-0.25, -0.2) is 4.39 Å². The monoisotopic (exact) mass is 345 g/mol. The molecule has 1 atom stereocenters. The van der Waals surface area contributed by atoms with Crippen molar-refractivity contribution in [2.75, 3.05) is 33.9 Å². The van der Waals surface area contributed by atoms with Crippen LogP contribution in [0.25, 0.3) is 0 Å². The lowest BCUT2D eigenvalue weighted by molar-refractivity contribution is -0.0230. The van der Waals surface area contributed by atoms with Gasteiger partial charge < -0.3 is 19.1 Å². The topological polar surface area (TPSA) is 48.0 Å². The van der Waals surface area contributed by atoms with E-state index in [0.29, 0.717) is 36.8 Å². The fourth-order valence-corrected chi connectivity index (χ4v) is 2.89. The predicted octanol–water partition coefficient (Wildman–Crippen LogP) is 3.06. The van der Waals surface area contributed by atoms with Crippen LogP contribution in [0.3, 0.4) is 0 Å². The first kappa shape index (κ1) is 17.2. The van der Waals surface area contributed by atoms with E-state index in [1.165, 1.54) is 19.2 Å². The lowest BCUT2D eigenvalue weighted by Crippen LogP contribution is -2.42. The molecule has 2 aromatic carbocycles. The Bertz CT molecular complexity index is 765. The van der Waals surface area contributed by atoms with Gasteiger partial charge in [0.15, 0.2) is 0 Å². The third-order valence-corrected chi connectivity index (χ3v) is 4.21. The normalized spacial score (nSPS) is 17.2. The van der Waals surface area contributed by atoms with Crippen molar-refractivity contribution < 1.29 is 23.4 Å². The fourth-order valence-electron chi connectivity index (χ4n) is 2.89. The van der Waals surface area contributed by atoms with Gasteiger partial charge in [-0.15, -0.1) is 0 Å². The number of morpholine rings is 1. The van der Waals surface area contributed by atoms with Crippen LogP contribution in [0.15, 0.2) is 42.5 Å². The summed E-state index contributed by atoms with van der Waals surface area (Å²) in [6, 6.07) is 11.4. The van der Waals surface area contributed by atoms with E-state index in [2.05, 4.69) is 0 Å².